The van der Waals surface area contributed by atoms with Crippen LogP contribution in [0.1, 0.15) is 46.4 Å². The molecule has 2 aliphatic heterocycles. The SMILES string of the molecule is C/C(Nc1ccc(C(N)CCc2ccc3c(c2)OCO3)cc1)=C1/C(=O)Nc2cc(C(N)=O)ccc21. The number of rotatable bonds is 7. The van der Waals surface area contributed by atoms with Crippen LogP contribution in [0.3, 0.4) is 0 Å². The van der Waals surface area contributed by atoms with Gasteiger partial charge in [-0.1, -0.05) is 24.3 Å². The minimum absolute atomic E-state index is 0.110. The van der Waals surface area contributed by atoms with Gasteiger partial charge in [0, 0.05) is 34.2 Å². The van der Waals surface area contributed by atoms with E-state index in [1.807, 2.05) is 49.4 Å². The average Bonchev–Trinajstić information content (AvgIpc) is 3.45. The number of primary amides is 1. The Morgan fingerprint density at radius 2 is 1.83 bits per heavy atom. The zero-order valence-corrected chi connectivity index (χ0v) is 19.3. The number of carbonyl (C=O) groups is 2. The molecular formula is C27H26N4O4. The van der Waals surface area contributed by atoms with E-state index < -0.39 is 5.91 Å². The van der Waals surface area contributed by atoms with Gasteiger partial charge in [-0.05, 0) is 67.3 Å². The number of nitrogens with one attached hydrogen (secondary N) is 2. The number of fused-ring (bicyclic) bond motifs is 2. The first-order valence-corrected chi connectivity index (χ1v) is 11.4. The van der Waals surface area contributed by atoms with Gasteiger partial charge in [0.05, 0.1) is 5.57 Å². The lowest BCUT2D eigenvalue weighted by molar-refractivity contribution is -0.110. The largest absolute Gasteiger partial charge is 0.454 e. The van der Waals surface area contributed by atoms with Crippen LogP contribution in [0, 0.1) is 0 Å². The molecule has 0 bridgehead atoms. The van der Waals surface area contributed by atoms with Crippen LogP contribution in [0.2, 0.25) is 0 Å². The Hall–Kier alpha value is -4.30. The minimum Gasteiger partial charge on any atom is -0.454 e. The van der Waals surface area contributed by atoms with E-state index in [4.69, 9.17) is 20.9 Å². The van der Waals surface area contributed by atoms with Gasteiger partial charge in [-0.3, -0.25) is 9.59 Å². The van der Waals surface area contributed by atoms with Gasteiger partial charge < -0.3 is 31.6 Å². The molecule has 1 unspecified atom stereocenters. The van der Waals surface area contributed by atoms with E-state index in [1.165, 1.54) is 0 Å². The molecule has 0 saturated heterocycles. The summed E-state index contributed by atoms with van der Waals surface area (Å²) in [5.74, 6) is 0.792. The summed E-state index contributed by atoms with van der Waals surface area (Å²) in [5.41, 5.74) is 17.7. The van der Waals surface area contributed by atoms with Crippen molar-refractivity contribution >= 4 is 28.8 Å². The number of hydrogen-bond acceptors (Lipinski definition) is 6. The molecule has 5 rings (SSSR count). The molecule has 0 aliphatic carbocycles. The Bertz CT molecular complexity index is 1350. The Balaban J connectivity index is 1.25. The normalized spacial score (nSPS) is 15.9. The highest BCUT2D eigenvalue weighted by Crippen LogP contribution is 2.35. The highest BCUT2D eigenvalue weighted by Gasteiger charge is 2.27. The number of allylic oxidation sites excluding steroid dienone is 1. The van der Waals surface area contributed by atoms with Crippen LogP contribution in [0.4, 0.5) is 11.4 Å². The predicted octanol–water partition coefficient (Wildman–Crippen LogP) is 3.94. The smallest absolute Gasteiger partial charge is 0.258 e. The van der Waals surface area contributed by atoms with E-state index in [9.17, 15) is 9.59 Å². The van der Waals surface area contributed by atoms with Gasteiger partial charge in [0.25, 0.3) is 5.91 Å². The van der Waals surface area contributed by atoms with Crippen molar-refractivity contribution in [3.63, 3.8) is 0 Å². The van der Waals surface area contributed by atoms with Crippen molar-refractivity contribution in [1.29, 1.82) is 0 Å². The molecule has 1 atom stereocenters. The summed E-state index contributed by atoms with van der Waals surface area (Å²) in [6, 6.07) is 18.7. The van der Waals surface area contributed by atoms with Crippen LogP contribution in [-0.4, -0.2) is 18.6 Å². The van der Waals surface area contributed by atoms with E-state index in [0.29, 0.717) is 22.5 Å². The van der Waals surface area contributed by atoms with Crippen molar-refractivity contribution in [2.45, 2.75) is 25.8 Å². The fourth-order valence-corrected chi connectivity index (χ4v) is 4.38. The molecule has 0 spiro atoms. The van der Waals surface area contributed by atoms with Gasteiger partial charge >= 0.3 is 0 Å². The number of carbonyl (C=O) groups excluding carboxylic acids is 2. The summed E-state index contributed by atoms with van der Waals surface area (Å²) in [4.78, 5) is 24.0. The van der Waals surface area contributed by atoms with Crippen molar-refractivity contribution in [3.05, 3.63) is 88.6 Å². The summed E-state index contributed by atoms with van der Waals surface area (Å²) in [6.07, 6.45) is 1.62. The fraction of sp³-hybridized carbons (Fsp3) is 0.185. The third-order valence-electron chi connectivity index (χ3n) is 6.28. The van der Waals surface area contributed by atoms with Crippen LogP contribution in [-0.2, 0) is 11.2 Å². The third kappa shape index (κ3) is 4.56. The molecule has 8 nitrogen and oxygen atoms in total. The maximum atomic E-state index is 12.6. The summed E-state index contributed by atoms with van der Waals surface area (Å²) >= 11 is 0. The second-order valence-electron chi connectivity index (χ2n) is 8.66. The summed E-state index contributed by atoms with van der Waals surface area (Å²) in [7, 11) is 0. The number of hydrogen-bond donors (Lipinski definition) is 4. The zero-order valence-electron chi connectivity index (χ0n) is 19.3. The van der Waals surface area contributed by atoms with Crippen molar-refractivity contribution < 1.29 is 19.1 Å². The van der Waals surface area contributed by atoms with Crippen LogP contribution in [0.15, 0.2) is 66.4 Å². The molecule has 178 valence electrons. The third-order valence-corrected chi connectivity index (χ3v) is 6.28. The van der Waals surface area contributed by atoms with Gasteiger partial charge in [-0.15, -0.1) is 0 Å². The molecule has 0 radical (unpaired) electrons. The standard InChI is InChI=1S/C27H26N4O4/c1-15(25-20-9-6-18(26(29)32)13-22(20)31-27(25)33)30-19-7-4-17(5-8-19)21(28)10-2-16-3-11-23-24(12-16)35-14-34-23/h3-9,11-13,21,30H,2,10,14,28H2,1H3,(H2,29,32)(H,31,33)/b25-15-. The highest BCUT2D eigenvalue weighted by molar-refractivity contribution is 6.32. The molecule has 0 saturated carbocycles. The number of anilines is 2. The molecular weight excluding hydrogens is 444 g/mol. The van der Waals surface area contributed by atoms with Gasteiger partial charge in [0.2, 0.25) is 12.7 Å². The number of nitrogens with two attached hydrogens (primary N) is 2. The summed E-state index contributed by atoms with van der Waals surface area (Å²) < 4.78 is 10.8. The van der Waals surface area contributed by atoms with Crippen LogP contribution < -0.4 is 31.6 Å². The Labute approximate surface area is 202 Å². The maximum Gasteiger partial charge on any atom is 0.258 e. The zero-order chi connectivity index (χ0) is 24.5. The van der Waals surface area contributed by atoms with Gasteiger partial charge in [-0.25, -0.2) is 0 Å². The first kappa shape index (κ1) is 22.5. The first-order valence-electron chi connectivity index (χ1n) is 11.4. The number of benzene rings is 3. The van der Waals surface area contributed by atoms with Crippen LogP contribution in [0.25, 0.3) is 5.57 Å². The highest BCUT2D eigenvalue weighted by atomic mass is 16.7. The maximum absolute atomic E-state index is 12.6. The van der Waals surface area contributed by atoms with E-state index in [2.05, 4.69) is 10.6 Å². The van der Waals surface area contributed by atoms with Crippen LogP contribution >= 0.6 is 0 Å². The molecule has 8 heteroatoms. The second kappa shape index (κ2) is 9.15. The van der Waals surface area contributed by atoms with E-state index in [0.717, 1.165) is 46.7 Å². The van der Waals surface area contributed by atoms with Gasteiger partial charge in [0.1, 0.15) is 0 Å². The molecule has 6 N–H and O–H groups in total. The summed E-state index contributed by atoms with van der Waals surface area (Å²) in [5, 5.41) is 6.10. The quantitative estimate of drug-likeness (QED) is 0.387. The predicted molar refractivity (Wildman–Crippen MR) is 134 cm³/mol. The number of amides is 2. The summed E-state index contributed by atoms with van der Waals surface area (Å²) in [6.45, 7) is 2.11. The molecule has 2 aliphatic rings. The molecule has 2 heterocycles. The van der Waals surface area contributed by atoms with Crippen molar-refractivity contribution in [3.8, 4) is 11.5 Å². The van der Waals surface area contributed by atoms with E-state index in [-0.39, 0.29) is 18.7 Å². The number of aryl methyl sites for hydroxylation is 1. The minimum atomic E-state index is -0.538. The average molecular weight is 471 g/mol. The fourth-order valence-electron chi connectivity index (χ4n) is 4.38. The Morgan fingerprint density at radius 3 is 2.60 bits per heavy atom. The first-order chi connectivity index (χ1) is 16.9. The Kier molecular flexibility index (Phi) is 5.88. The lowest BCUT2D eigenvalue weighted by Gasteiger charge is -2.14. The number of ether oxygens (including phenoxy) is 2. The van der Waals surface area contributed by atoms with Gasteiger partial charge in [0.15, 0.2) is 11.5 Å². The lowest BCUT2D eigenvalue weighted by Crippen LogP contribution is -2.12. The molecule has 0 fully saturated rings. The van der Waals surface area contributed by atoms with Crippen molar-refractivity contribution in [2.75, 3.05) is 17.4 Å². The molecule has 3 aromatic carbocycles. The molecule has 2 amide bonds. The van der Waals surface area contributed by atoms with E-state index in [1.54, 1.807) is 18.2 Å². The Morgan fingerprint density at radius 1 is 1.06 bits per heavy atom. The molecule has 35 heavy (non-hydrogen) atoms. The molecule has 0 aromatic heterocycles. The monoisotopic (exact) mass is 470 g/mol. The van der Waals surface area contributed by atoms with Crippen molar-refractivity contribution in [2.24, 2.45) is 11.5 Å². The van der Waals surface area contributed by atoms with Crippen LogP contribution in [0.5, 0.6) is 11.5 Å². The van der Waals surface area contributed by atoms with Gasteiger partial charge in [-0.2, -0.15) is 0 Å². The van der Waals surface area contributed by atoms with Crippen molar-refractivity contribution in [1.82, 2.24) is 0 Å². The topological polar surface area (TPSA) is 129 Å². The second-order valence-corrected chi connectivity index (χ2v) is 8.66. The molecule has 3 aromatic rings. The van der Waals surface area contributed by atoms with E-state index >= 15 is 0 Å². The lowest BCUT2D eigenvalue weighted by atomic mass is 9.99.